The first-order chi connectivity index (χ1) is 7.76. The summed E-state index contributed by atoms with van der Waals surface area (Å²) >= 11 is 0. The highest BCUT2D eigenvalue weighted by Crippen LogP contribution is 2.51. The van der Waals surface area contributed by atoms with Crippen molar-refractivity contribution in [2.45, 2.75) is 57.8 Å². The van der Waals surface area contributed by atoms with E-state index in [9.17, 15) is 0 Å². The molecule has 16 heavy (non-hydrogen) atoms. The molecule has 1 heterocycles. The predicted octanol–water partition coefficient (Wildman–Crippen LogP) is 3.27. The fourth-order valence-electron chi connectivity index (χ4n) is 3.54. The van der Waals surface area contributed by atoms with E-state index in [2.05, 4.69) is 19.1 Å². The number of hydrogen-bond donors (Lipinski definition) is 0. The van der Waals surface area contributed by atoms with Gasteiger partial charge in [-0.05, 0) is 49.9 Å². The van der Waals surface area contributed by atoms with E-state index in [-0.39, 0.29) is 6.29 Å². The number of ether oxygens (including phenoxy) is 2. The van der Waals surface area contributed by atoms with Crippen molar-refractivity contribution in [3.05, 3.63) is 12.2 Å². The molecule has 2 fully saturated rings. The Morgan fingerprint density at radius 1 is 1.38 bits per heavy atom. The normalized spacial score (nSPS) is 47.2. The van der Waals surface area contributed by atoms with Gasteiger partial charge in [0.15, 0.2) is 6.29 Å². The van der Waals surface area contributed by atoms with Crippen LogP contribution in [0.15, 0.2) is 12.2 Å². The lowest BCUT2D eigenvalue weighted by atomic mass is 9.83. The van der Waals surface area contributed by atoms with Gasteiger partial charge >= 0.3 is 0 Å². The largest absolute Gasteiger partial charge is 0.353 e. The standard InChI is InChI=1S/C14H22O2/c1-14-7-4-5-11(14)9-12(10-14)16-13-6-2-3-8-15-13/h4,7,11-13H,2-3,5-6,8-10H2,1H3. The lowest BCUT2D eigenvalue weighted by Crippen LogP contribution is -2.27. The molecule has 1 saturated carbocycles. The van der Waals surface area contributed by atoms with Crippen LogP contribution in [-0.2, 0) is 9.47 Å². The van der Waals surface area contributed by atoms with Crippen LogP contribution in [0.1, 0.15) is 45.4 Å². The van der Waals surface area contributed by atoms with Gasteiger partial charge in [-0.15, -0.1) is 0 Å². The van der Waals surface area contributed by atoms with Crippen molar-refractivity contribution >= 4 is 0 Å². The Kier molecular flexibility index (Phi) is 2.80. The van der Waals surface area contributed by atoms with Gasteiger partial charge in [-0.2, -0.15) is 0 Å². The van der Waals surface area contributed by atoms with E-state index in [0.29, 0.717) is 11.5 Å². The van der Waals surface area contributed by atoms with Crippen LogP contribution >= 0.6 is 0 Å². The van der Waals surface area contributed by atoms with Crippen molar-refractivity contribution in [1.29, 1.82) is 0 Å². The van der Waals surface area contributed by atoms with Crippen LogP contribution in [0.3, 0.4) is 0 Å². The highest BCUT2D eigenvalue weighted by Gasteiger charge is 2.45. The third-order valence-corrected chi connectivity index (χ3v) is 4.55. The Bertz CT molecular complexity index is 280. The Hall–Kier alpha value is -0.340. The highest BCUT2D eigenvalue weighted by atomic mass is 16.7. The molecule has 1 saturated heterocycles. The van der Waals surface area contributed by atoms with Gasteiger partial charge in [0.25, 0.3) is 0 Å². The molecule has 3 aliphatic rings. The van der Waals surface area contributed by atoms with Crippen LogP contribution in [0.2, 0.25) is 0 Å². The molecule has 4 atom stereocenters. The molecule has 0 N–H and O–H groups in total. The first-order valence-corrected chi connectivity index (χ1v) is 6.71. The zero-order valence-electron chi connectivity index (χ0n) is 10.2. The van der Waals surface area contributed by atoms with Crippen LogP contribution < -0.4 is 0 Å². The van der Waals surface area contributed by atoms with E-state index < -0.39 is 0 Å². The summed E-state index contributed by atoms with van der Waals surface area (Å²) in [5.74, 6) is 0.820. The molecular weight excluding hydrogens is 200 g/mol. The molecule has 2 aliphatic carbocycles. The van der Waals surface area contributed by atoms with E-state index in [0.717, 1.165) is 18.9 Å². The first kappa shape index (κ1) is 10.8. The molecule has 2 heteroatoms. The maximum atomic E-state index is 6.10. The molecule has 0 radical (unpaired) electrons. The van der Waals surface area contributed by atoms with Crippen LogP contribution in [0, 0.1) is 11.3 Å². The topological polar surface area (TPSA) is 18.5 Å². The number of allylic oxidation sites excluding steroid dienone is 2. The van der Waals surface area contributed by atoms with Crippen LogP contribution in [0.25, 0.3) is 0 Å². The van der Waals surface area contributed by atoms with E-state index >= 15 is 0 Å². The zero-order valence-corrected chi connectivity index (χ0v) is 10.2. The first-order valence-electron chi connectivity index (χ1n) is 6.71. The van der Waals surface area contributed by atoms with Crippen molar-refractivity contribution in [3.63, 3.8) is 0 Å². The average Bonchev–Trinajstić information content (AvgIpc) is 2.74. The van der Waals surface area contributed by atoms with E-state index in [1.54, 1.807) is 0 Å². The summed E-state index contributed by atoms with van der Waals surface area (Å²) in [5.41, 5.74) is 0.416. The van der Waals surface area contributed by atoms with Gasteiger partial charge in [0.2, 0.25) is 0 Å². The second kappa shape index (κ2) is 4.15. The minimum Gasteiger partial charge on any atom is -0.353 e. The highest BCUT2D eigenvalue weighted by molar-refractivity contribution is 5.13. The van der Waals surface area contributed by atoms with Crippen molar-refractivity contribution < 1.29 is 9.47 Å². The Balaban J connectivity index is 1.55. The lowest BCUT2D eigenvalue weighted by Gasteiger charge is -2.26. The van der Waals surface area contributed by atoms with E-state index in [1.807, 2.05) is 0 Å². The van der Waals surface area contributed by atoms with Gasteiger partial charge in [-0.3, -0.25) is 0 Å². The Morgan fingerprint density at radius 3 is 3.06 bits per heavy atom. The summed E-state index contributed by atoms with van der Waals surface area (Å²) < 4.78 is 11.8. The summed E-state index contributed by atoms with van der Waals surface area (Å²) in [6.07, 6.45) is 12.5. The van der Waals surface area contributed by atoms with Gasteiger partial charge in [-0.25, -0.2) is 0 Å². The smallest absolute Gasteiger partial charge is 0.157 e. The Morgan fingerprint density at radius 2 is 2.31 bits per heavy atom. The van der Waals surface area contributed by atoms with Gasteiger partial charge in [-0.1, -0.05) is 19.1 Å². The third-order valence-electron chi connectivity index (χ3n) is 4.55. The van der Waals surface area contributed by atoms with Gasteiger partial charge in [0, 0.05) is 6.61 Å². The number of fused-ring (bicyclic) bond motifs is 1. The van der Waals surface area contributed by atoms with E-state index in [1.165, 1.54) is 32.1 Å². The molecule has 3 rings (SSSR count). The summed E-state index contributed by atoms with van der Waals surface area (Å²) in [7, 11) is 0. The van der Waals surface area contributed by atoms with Crippen molar-refractivity contribution in [3.8, 4) is 0 Å². The summed E-state index contributed by atoms with van der Waals surface area (Å²) in [4.78, 5) is 0. The quantitative estimate of drug-likeness (QED) is 0.668. The summed E-state index contributed by atoms with van der Waals surface area (Å²) in [6, 6.07) is 0. The fraction of sp³-hybridized carbons (Fsp3) is 0.857. The predicted molar refractivity (Wildman–Crippen MR) is 63.1 cm³/mol. The lowest BCUT2D eigenvalue weighted by molar-refractivity contribution is -0.187. The second-order valence-electron chi connectivity index (χ2n) is 5.83. The second-order valence-corrected chi connectivity index (χ2v) is 5.83. The number of hydrogen-bond acceptors (Lipinski definition) is 2. The van der Waals surface area contributed by atoms with Crippen LogP contribution in [0.4, 0.5) is 0 Å². The molecule has 0 aromatic heterocycles. The van der Waals surface area contributed by atoms with Gasteiger partial charge in [0.05, 0.1) is 6.10 Å². The Labute approximate surface area is 98.0 Å². The maximum Gasteiger partial charge on any atom is 0.157 e. The van der Waals surface area contributed by atoms with Crippen molar-refractivity contribution in [1.82, 2.24) is 0 Å². The molecule has 1 aliphatic heterocycles. The molecule has 4 unspecified atom stereocenters. The SMILES string of the molecule is CC12C=CCC1CC(OC1CCCCO1)C2. The molecule has 0 aromatic rings. The van der Waals surface area contributed by atoms with Gasteiger partial charge in [0.1, 0.15) is 0 Å². The minimum absolute atomic E-state index is 0.0881. The van der Waals surface area contributed by atoms with Crippen molar-refractivity contribution in [2.75, 3.05) is 6.61 Å². The van der Waals surface area contributed by atoms with Crippen LogP contribution in [0.5, 0.6) is 0 Å². The molecule has 0 bridgehead atoms. The molecule has 0 spiro atoms. The van der Waals surface area contributed by atoms with Gasteiger partial charge < -0.3 is 9.47 Å². The monoisotopic (exact) mass is 222 g/mol. The van der Waals surface area contributed by atoms with Crippen molar-refractivity contribution in [2.24, 2.45) is 11.3 Å². The zero-order chi connectivity index (χ0) is 11.0. The molecular formula is C14H22O2. The summed E-state index contributed by atoms with van der Waals surface area (Å²) in [6.45, 7) is 3.27. The molecule has 2 nitrogen and oxygen atoms in total. The van der Waals surface area contributed by atoms with E-state index in [4.69, 9.17) is 9.47 Å². The summed E-state index contributed by atoms with van der Waals surface area (Å²) in [5, 5.41) is 0. The molecule has 90 valence electrons. The molecule has 0 aromatic carbocycles. The number of rotatable bonds is 2. The van der Waals surface area contributed by atoms with Crippen LogP contribution in [-0.4, -0.2) is 19.0 Å². The average molecular weight is 222 g/mol. The third kappa shape index (κ3) is 1.93. The molecule has 0 amide bonds. The minimum atomic E-state index is 0.0881. The fourth-order valence-corrected chi connectivity index (χ4v) is 3.54. The maximum absolute atomic E-state index is 6.10.